The normalized spacial score (nSPS) is 29.7. The lowest BCUT2D eigenvalue weighted by Crippen LogP contribution is -2.23. The van der Waals surface area contributed by atoms with Crippen molar-refractivity contribution < 1.29 is 9.90 Å². The molecule has 0 aromatic carbocycles. The Balaban J connectivity index is 1.76. The first-order valence-corrected chi connectivity index (χ1v) is 8.03. The van der Waals surface area contributed by atoms with Gasteiger partial charge in [0.2, 0.25) is 0 Å². The smallest absolute Gasteiger partial charge is 0.307 e. The fourth-order valence-electron chi connectivity index (χ4n) is 3.79. The molecule has 1 aromatic rings. The van der Waals surface area contributed by atoms with E-state index in [1.807, 2.05) is 23.8 Å². The van der Waals surface area contributed by atoms with Crippen LogP contribution in [0.1, 0.15) is 37.8 Å². The summed E-state index contributed by atoms with van der Waals surface area (Å²) in [6, 6.07) is 0. The van der Waals surface area contributed by atoms with Crippen molar-refractivity contribution in [1.82, 2.24) is 14.8 Å². The zero-order chi connectivity index (χ0) is 15.7. The van der Waals surface area contributed by atoms with E-state index >= 15 is 0 Å². The van der Waals surface area contributed by atoms with E-state index in [4.69, 9.17) is 0 Å². The Hall–Kier alpha value is -1.91. The van der Waals surface area contributed by atoms with Gasteiger partial charge in [0.25, 0.3) is 0 Å². The van der Waals surface area contributed by atoms with Crippen molar-refractivity contribution in [2.45, 2.75) is 46.1 Å². The van der Waals surface area contributed by atoms with Gasteiger partial charge in [-0.25, -0.2) is 9.67 Å². The van der Waals surface area contributed by atoms with Crippen molar-refractivity contribution in [2.24, 2.45) is 17.3 Å². The number of aliphatic carboxylic acids is 1. The molecule has 0 aliphatic heterocycles. The maximum atomic E-state index is 11.5. The number of carboxylic acid groups (broad SMARTS) is 1. The standard InChI is InChI=1S/C17H23N3O2/c1-3-15-18-12(2)19-20(15)10-9-17(11-14(17)16(21)22)13-7-5-4-6-8-13/h4-7,13-14H,3,8-11H2,1-2H3,(H,21,22)/t13?,14-,17-/m0/s1. The van der Waals surface area contributed by atoms with E-state index in [1.54, 1.807) is 0 Å². The molecule has 2 aliphatic carbocycles. The molecule has 1 fully saturated rings. The van der Waals surface area contributed by atoms with Gasteiger partial charge in [-0.1, -0.05) is 31.2 Å². The van der Waals surface area contributed by atoms with Crippen LogP contribution in [0.5, 0.6) is 0 Å². The first-order valence-electron chi connectivity index (χ1n) is 8.03. The number of carboxylic acids is 1. The minimum Gasteiger partial charge on any atom is -0.481 e. The van der Waals surface area contributed by atoms with Gasteiger partial charge in [-0.3, -0.25) is 4.79 Å². The molecule has 22 heavy (non-hydrogen) atoms. The molecule has 5 heteroatoms. The molecule has 1 aromatic heterocycles. The van der Waals surface area contributed by atoms with E-state index in [0.717, 1.165) is 43.9 Å². The summed E-state index contributed by atoms with van der Waals surface area (Å²) in [6.07, 6.45) is 11.8. The quantitative estimate of drug-likeness (QED) is 0.877. The van der Waals surface area contributed by atoms with Crippen LogP contribution >= 0.6 is 0 Å². The molecule has 1 unspecified atom stereocenters. The van der Waals surface area contributed by atoms with Gasteiger partial charge in [-0.2, -0.15) is 5.10 Å². The SMILES string of the molecule is CCc1nc(C)nn1CC[C@@]1(C2C=CC=CC2)C[C@H]1C(=O)O. The molecule has 3 atom stereocenters. The predicted molar refractivity (Wildman–Crippen MR) is 83.3 cm³/mol. The van der Waals surface area contributed by atoms with Crippen molar-refractivity contribution in [3.8, 4) is 0 Å². The van der Waals surface area contributed by atoms with Crippen molar-refractivity contribution in [3.63, 3.8) is 0 Å². The second kappa shape index (κ2) is 5.71. The van der Waals surface area contributed by atoms with Crippen LogP contribution in [-0.2, 0) is 17.8 Å². The van der Waals surface area contributed by atoms with E-state index < -0.39 is 5.97 Å². The first kappa shape index (κ1) is 15.0. The van der Waals surface area contributed by atoms with Crippen molar-refractivity contribution in [2.75, 3.05) is 0 Å². The number of carbonyl (C=O) groups is 1. The van der Waals surface area contributed by atoms with Gasteiger partial charge in [0.15, 0.2) is 0 Å². The number of aryl methyl sites for hydroxylation is 3. The Morgan fingerprint density at radius 2 is 2.32 bits per heavy atom. The molecule has 1 N–H and O–H groups in total. The van der Waals surface area contributed by atoms with E-state index in [9.17, 15) is 9.90 Å². The van der Waals surface area contributed by atoms with Crippen molar-refractivity contribution in [1.29, 1.82) is 0 Å². The fourth-order valence-corrected chi connectivity index (χ4v) is 3.79. The third-order valence-electron chi connectivity index (χ3n) is 5.09. The molecular formula is C17H23N3O2. The summed E-state index contributed by atoms with van der Waals surface area (Å²) in [5.74, 6) is 1.22. The number of hydrogen-bond donors (Lipinski definition) is 1. The Bertz CT molecular complexity index is 632. The van der Waals surface area contributed by atoms with Crippen LogP contribution in [0.4, 0.5) is 0 Å². The van der Waals surface area contributed by atoms with Gasteiger partial charge in [0.1, 0.15) is 11.6 Å². The van der Waals surface area contributed by atoms with Crippen LogP contribution in [0, 0.1) is 24.2 Å². The third-order valence-corrected chi connectivity index (χ3v) is 5.09. The molecule has 118 valence electrons. The number of allylic oxidation sites excluding steroid dienone is 4. The predicted octanol–water partition coefficient (Wildman–Crippen LogP) is 2.76. The second-order valence-corrected chi connectivity index (χ2v) is 6.39. The summed E-state index contributed by atoms with van der Waals surface area (Å²) in [7, 11) is 0. The molecule has 2 aliphatic rings. The molecule has 0 bridgehead atoms. The third kappa shape index (κ3) is 2.60. The molecule has 1 heterocycles. The van der Waals surface area contributed by atoms with E-state index in [-0.39, 0.29) is 11.3 Å². The number of nitrogens with zero attached hydrogens (tertiary/aromatic N) is 3. The van der Waals surface area contributed by atoms with Gasteiger partial charge >= 0.3 is 5.97 Å². The molecule has 0 spiro atoms. The highest BCUT2D eigenvalue weighted by Gasteiger charge is 2.61. The van der Waals surface area contributed by atoms with Crippen LogP contribution in [0.2, 0.25) is 0 Å². The summed E-state index contributed by atoms with van der Waals surface area (Å²) in [5.41, 5.74) is -0.113. The molecule has 0 radical (unpaired) electrons. The second-order valence-electron chi connectivity index (χ2n) is 6.39. The minimum atomic E-state index is -0.659. The maximum absolute atomic E-state index is 11.5. The van der Waals surface area contributed by atoms with E-state index in [1.165, 1.54) is 0 Å². The number of rotatable bonds is 6. The summed E-state index contributed by atoms with van der Waals surface area (Å²) < 4.78 is 1.96. The lowest BCUT2D eigenvalue weighted by atomic mass is 9.80. The van der Waals surface area contributed by atoms with Crippen molar-refractivity contribution >= 4 is 5.97 Å². The van der Waals surface area contributed by atoms with Gasteiger partial charge < -0.3 is 5.11 Å². The summed E-state index contributed by atoms with van der Waals surface area (Å²) in [4.78, 5) is 15.9. The Morgan fingerprint density at radius 1 is 1.50 bits per heavy atom. The lowest BCUT2D eigenvalue weighted by molar-refractivity contribution is -0.139. The first-order chi connectivity index (χ1) is 10.6. The van der Waals surface area contributed by atoms with Crippen LogP contribution in [0.3, 0.4) is 0 Å². The van der Waals surface area contributed by atoms with Crippen LogP contribution in [0.15, 0.2) is 24.3 Å². The lowest BCUT2D eigenvalue weighted by Gasteiger charge is -2.26. The Labute approximate surface area is 130 Å². The maximum Gasteiger partial charge on any atom is 0.307 e. The monoisotopic (exact) mass is 301 g/mol. The molecule has 0 amide bonds. The Kier molecular flexibility index (Phi) is 3.89. The highest BCUT2D eigenvalue weighted by atomic mass is 16.4. The minimum absolute atomic E-state index is 0.113. The molecule has 1 saturated carbocycles. The topological polar surface area (TPSA) is 68.0 Å². The van der Waals surface area contributed by atoms with Crippen LogP contribution < -0.4 is 0 Å². The molecule has 0 saturated heterocycles. The average molecular weight is 301 g/mol. The average Bonchev–Trinajstić information content (AvgIpc) is 3.16. The highest BCUT2D eigenvalue weighted by Crippen LogP contribution is 2.62. The molecule has 5 nitrogen and oxygen atoms in total. The largest absolute Gasteiger partial charge is 0.481 e. The van der Waals surface area contributed by atoms with Crippen molar-refractivity contribution in [3.05, 3.63) is 36.0 Å². The fraction of sp³-hybridized carbons (Fsp3) is 0.588. The van der Waals surface area contributed by atoms with Gasteiger partial charge in [-0.05, 0) is 37.5 Å². The summed E-state index contributed by atoms with van der Waals surface area (Å²) in [5, 5.41) is 13.9. The number of hydrogen-bond acceptors (Lipinski definition) is 3. The van der Waals surface area contributed by atoms with E-state index in [2.05, 4.69) is 29.2 Å². The van der Waals surface area contributed by atoms with Gasteiger partial charge in [-0.15, -0.1) is 0 Å². The molecule has 3 rings (SSSR count). The Morgan fingerprint density at radius 3 is 2.91 bits per heavy atom. The zero-order valence-corrected chi connectivity index (χ0v) is 13.2. The highest BCUT2D eigenvalue weighted by molar-refractivity contribution is 5.75. The number of aromatic nitrogens is 3. The van der Waals surface area contributed by atoms with Gasteiger partial charge in [0.05, 0.1) is 5.92 Å². The summed E-state index contributed by atoms with van der Waals surface area (Å²) >= 11 is 0. The summed E-state index contributed by atoms with van der Waals surface area (Å²) in [6.45, 7) is 4.72. The van der Waals surface area contributed by atoms with Crippen LogP contribution in [0.25, 0.3) is 0 Å². The van der Waals surface area contributed by atoms with Crippen LogP contribution in [-0.4, -0.2) is 25.8 Å². The zero-order valence-electron chi connectivity index (χ0n) is 13.2. The van der Waals surface area contributed by atoms with E-state index in [0.29, 0.717) is 5.92 Å². The molecular weight excluding hydrogens is 278 g/mol. The van der Waals surface area contributed by atoms with Gasteiger partial charge in [0, 0.05) is 13.0 Å².